The van der Waals surface area contributed by atoms with Crippen molar-refractivity contribution in [3.63, 3.8) is 0 Å². The number of ether oxygens (including phenoxy) is 1. The molecule has 1 atom stereocenters. The van der Waals surface area contributed by atoms with Crippen molar-refractivity contribution in [2.75, 3.05) is 39.9 Å². The molecule has 3 rings (SSSR count). The van der Waals surface area contributed by atoms with Gasteiger partial charge in [-0.25, -0.2) is 8.42 Å². The number of fused-ring (bicyclic) bond motifs is 1. The van der Waals surface area contributed by atoms with E-state index in [1.807, 2.05) is 18.2 Å². The summed E-state index contributed by atoms with van der Waals surface area (Å²) in [5.74, 6) is 0. The first kappa shape index (κ1) is 16.4. The Kier molecular flexibility index (Phi) is 4.72. The van der Waals surface area contributed by atoms with E-state index in [0.29, 0.717) is 38.4 Å². The van der Waals surface area contributed by atoms with E-state index >= 15 is 0 Å². The van der Waals surface area contributed by atoms with Crippen LogP contribution in [-0.2, 0) is 14.8 Å². The molecule has 23 heavy (non-hydrogen) atoms. The van der Waals surface area contributed by atoms with E-state index in [4.69, 9.17) is 9.15 Å². The number of methoxy groups -OCH3 is 1. The molecule has 0 aliphatic carbocycles. The number of nitrogens with zero attached hydrogens (tertiary/aromatic N) is 2. The van der Waals surface area contributed by atoms with Crippen molar-refractivity contribution in [1.82, 2.24) is 9.21 Å². The molecule has 1 aromatic heterocycles. The normalized spacial score (nSPS) is 19.2. The molecule has 126 valence electrons. The number of rotatable bonds is 5. The fraction of sp³-hybridized carbons (Fsp3) is 0.500. The molecule has 7 heteroatoms. The zero-order valence-electron chi connectivity index (χ0n) is 13.4. The Morgan fingerprint density at radius 3 is 2.57 bits per heavy atom. The van der Waals surface area contributed by atoms with E-state index in [1.165, 1.54) is 4.31 Å². The van der Waals surface area contributed by atoms with Gasteiger partial charge in [-0.2, -0.15) is 4.31 Å². The van der Waals surface area contributed by atoms with Crippen LogP contribution in [0, 0.1) is 0 Å². The summed E-state index contributed by atoms with van der Waals surface area (Å²) in [6, 6.07) is 9.21. The summed E-state index contributed by atoms with van der Waals surface area (Å²) in [5.41, 5.74) is 0.596. The van der Waals surface area contributed by atoms with Crippen LogP contribution in [0.25, 0.3) is 11.0 Å². The topological polar surface area (TPSA) is 63.0 Å². The SMILES string of the molecule is COC[C@@H](C)N1CCN(S(=O)(=O)c2cc3ccccc3o2)CC1. The van der Waals surface area contributed by atoms with Crippen LogP contribution in [0.2, 0.25) is 0 Å². The Morgan fingerprint density at radius 1 is 1.22 bits per heavy atom. The molecule has 0 amide bonds. The minimum absolute atomic E-state index is 0.0251. The molecule has 6 nitrogen and oxygen atoms in total. The van der Waals surface area contributed by atoms with Crippen LogP contribution in [0.1, 0.15) is 6.92 Å². The van der Waals surface area contributed by atoms with Gasteiger partial charge >= 0.3 is 0 Å². The molecule has 1 fully saturated rings. The Labute approximate surface area is 136 Å². The van der Waals surface area contributed by atoms with E-state index < -0.39 is 10.0 Å². The Bertz CT molecular complexity index is 730. The molecule has 0 radical (unpaired) electrons. The summed E-state index contributed by atoms with van der Waals surface area (Å²) in [7, 11) is -1.90. The Morgan fingerprint density at radius 2 is 1.91 bits per heavy atom. The van der Waals surface area contributed by atoms with Crippen LogP contribution in [0.5, 0.6) is 0 Å². The number of furan rings is 1. The number of benzene rings is 1. The van der Waals surface area contributed by atoms with Crippen molar-refractivity contribution in [1.29, 1.82) is 0 Å². The highest BCUT2D eigenvalue weighted by molar-refractivity contribution is 7.89. The maximum atomic E-state index is 12.7. The lowest BCUT2D eigenvalue weighted by Gasteiger charge is -2.36. The zero-order valence-corrected chi connectivity index (χ0v) is 14.3. The molecule has 0 spiro atoms. The van der Waals surface area contributed by atoms with Crippen molar-refractivity contribution >= 4 is 21.0 Å². The molecular formula is C16H22N2O4S. The van der Waals surface area contributed by atoms with E-state index in [9.17, 15) is 8.42 Å². The Balaban J connectivity index is 1.74. The van der Waals surface area contributed by atoms with Gasteiger partial charge in [-0.1, -0.05) is 18.2 Å². The van der Waals surface area contributed by atoms with Crippen molar-refractivity contribution in [2.24, 2.45) is 0 Å². The van der Waals surface area contributed by atoms with Crippen molar-refractivity contribution in [3.8, 4) is 0 Å². The summed E-state index contributed by atoms with van der Waals surface area (Å²) in [5, 5.41) is 0.829. The van der Waals surface area contributed by atoms with Gasteiger partial charge in [0.1, 0.15) is 5.58 Å². The summed E-state index contributed by atoms with van der Waals surface area (Å²) >= 11 is 0. The highest BCUT2D eigenvalue weighted by Crippen LogP contribution is 2.25. The molecule has 1 aliphatic heterocycles. The molecule has 1 aliphatic rings. The lowest BCUT2D eigenvalue weighted by Crippen LogP contribution is -2.52. The van der Waals surface area contributed by atoms with Gasteiger partial charge in [-0.05, 0) is 13.0 Å². The van der Waals surface area contributed by atoms with Crippen molar-refractivity contribution in [2.45, 2.75) is 18.1 Å². The highest BCUT2D eigenvalue weighted by atomic mass is 32.2. The predicted molar refractivity (Wildman–Crippen MR) is 87.9 cm³/mol. The second kappa shape index (κ2) is 6.60. The minimum Gasteiger partial charge on any atom is -0.443 e. The third-order valence-corrected chi connectivity index (χ3v) is 6.06. The van der Waals surface area contributed by atoms with Crippen molar-refractivity contribution < 1.29 is 17.6 Å². The molecule has 0 unspecified atom stereocenters. The first-order valence-electron chi connectivity index (χ1n) is 7.74. The molecule has 0 N–H and O–H groups in total. The lowest BCUT2D eigenvalue weighted by atomic mass is 10.2. The van der Waals surface area contributed by atoms with Gasteiger partial charge in [-0.3, -0.25) is 4.90 Å². The number of sulfonamides is 1. The summed E-state index contributed by atoms with van der Waals surface area (Å²) in [6.45, 7) is 5.07. The molecule has 0 bridgehead atoms. The van der Waals surface area contributed by atoms with E-state index in [1.54, 1.807) is 19.2 Å². The predicted octanol–water partition coefficient (Wildman–Crippen LogP) is 1.77. The van der Waals surface area contributed by atoms with Gasteiger partial charge in [0.05, 0.1) is 6.61 Å². The summed E-state index contributed by atoms with van der Waals surface area (Å²) in [6.07, 6.45) is 0. The van der Waals surface area contributed by atoms with Gasteiger partial charge in [-0.15, -0.1) is 0 Å². The average molecular weight is 338 g/mol. The molecular weight excluding hydrogens is 316 g/mol. The zero-order chi connectivity index (χ0) is 16.4. The van der Waals surface area contributed by atoms with E-state index in [2.05, 4.69) is 11.8 Å². The third kappa shape index (κ3) is 3.28. The monoisotopic (exact) mass is 338 g/mol. The van der Waals surface area contributed by atoms with Crippen LogP contribution in [0.15, 0.2) is 39.8 Å². The highest BCUT2D eigenvalue weighted by Gasteiger charge is 2.32. The summed E-state index contributed by atoms with van der Waals surface area (Å²) in [4.78, 5) is 2.24. The first-order valence-corrected chi connectivity index (χ1v) is 9.18. The second-order valence-corrected chi connectivity index (χ2v) is 7.72. The maximum Gasteiger partial charge on any atom is 0.276 e. The van der Waals surface area contributed by atoms with Crippen LogP contribution < -0.4 is 0 Å². The van der Waals surface area contributed by atoms with Gasteiger partial charge < -0.3 is 9.15 Å². The molecule has 2 heterocycles. The van der Waals surface area contributed by atoms with Crippen LogP contribution in [0.3, 0.4) is 0 Å². The van der Waals surface area contributed by atoms with Crippen molar-refractivity contribution in [3.05, 3.63) is 30.3 Å². The quantitative estimate of drug-likeness (QED) is 0.831. The van der Waals surface area contributed by atoms with Gasteiger partial charge in [0, 0.05) is 50.8 Å². The number of para-hydroxylation sites is 1. The third-order valence-electron chi connectivity index (χ3n) is 4.30. The summed E-state index contributed by atoms with van der Waals surface area (Å²) < 4.78 is 37.7. The molecule has 1 saturated heterocycles. The lowest BCUT2D eigenvalue weighted by molar-refractivity contribution is 0.0764. The van der Waals surface area contributed by atoms with Crippen LogP contribution in [-0.4, -0.2) is 63.6 Å². The van der Waals surface area contributed by atoms with E-state index in [0.717, 1.165) is 5.39 Å². The number of piperazine rings is 1. The fourth-order valence-corrected chi connectivity index (χ4v) is 4.31. The fourth-order valence-electron chi connectivity index (χ4n) is 2.94. The smallest absolute Gasteiger partial charge is 0.276 e. The van der Waals surface area contributed by atoms with E-state index in [-0.39, 0.29) is 11.1 Å². The maximum absolute atomic E-state index is 12.7. The Hall–Kier alpha value is -1.41. The van der Waals surface area contributed by atoms with Gasteiger partial charge in [0.15, 0.2) is 0 Å². The standard InChI is InChI=1S/C16H22N2O4S/c1-13(12-21-2)17-7-9-18(10-8-17)23(19,20)16-11-14-5-3-4-6-15(14)22-16/h3-6,11,13H,7-10,12H2,1-2H3/t13-/m1/s1. The second-order valence-electron chi connectivity index (χ2n) is 5.85. The number of hydrogen-bond donors (Lipinski definition) is 0. The molecule has 1 aromatic carbocycles. The minimum atomic E-state index is -3.58. The molecule has 0 saturated carbocycles. The van der Waals surface area contributed by atoms with Crippen LogP contribution in [0.4, 0.5) is 0 Å². The average Bonchev–Trinajstić information content (AvgIpc) is 3.00. The van der Waals surface area contributed by atoms with Gasteiger partial charge in [0.25, 0.3) is 10.0 Å². The largest absolute Gasteiger partial charge is 0.443 e. The first-order chi connectivity index (χ1) is 11.0. The number of hydrogen-bond acceptors (Lipinski definition) is 5. The van der Waals surface area contributed by atoms with Gasteiger partial charge in [0.2, 0.25) is 5.09 Å². The van der Waals surface area contributed by atoms with Crippen LogP contribution >= 0.6 is 0 Å². The molecule has 2 aromatic rings.